The number of aromatic nitrogens is 1. The van der Waals surface area contributed by atoms with Crippen LogP contribution in [0, 0.1) is 6.92 Å². The van der Waals surface area contributed by atoms with Crippen LogP contribution in [-0.4, -0.2) is 37.7 Å². The molecule has 0 radical (unpaired) electrons. The van der Waals surface area contributed by atoms with Gasteiger partial charge in [0, 0.05) is 36.7 Å². The number of alkyl halides is 1. The van der Waals surface area contributed by atoms with Crippen molar-refractivity contribution in [3.05, 3.63) is 22.3 Å². The molecule has 0 aliphatic heterocycles. The number of methoxy groups -OCH3 is 1. The molecule has 0 bridgehead atoms. The highest BCUT2D eigenvalue weighted by Crippen LogP contribution is 2.19. The van der Waals surface area contributed by atoms with E-state index in [0.29, 0.717) is 12.5 Å². The summed E-state index contributed by atoms with van der Waals surface area (Å²) >= 11 is 9.21. The van der Waals surface area contributed by atoms with Crippen LogP contribution in [0.4, 0.5) is 5.82 Å². The average Bonchev–Trinajstić information content (AvgIpc) is 2.28. The molecule has 1 rings (SSSR count). The summed E-state index contributed by atoms with van der Waals surface area (Å²) in [7, 11) is 1.69. The van der Waals surface area contributed by atoms with Crippen LogP contribution in [-0.2, 0) is 4.74 Å². The minimum absolute atomic E-state index is 0.584. The molecule has 0 saturated carbocycles. The fraction of sp³-hybridized carbons (Fsp3) is 0.545. The van der Waals surface area contributed by atoms with E-state index in [9.17, 15) is 0 Å². The van der Waals surface area contributed by atoms with Crippen LogP contribution >= 0.6 is 27.5 Å². The number of ether oxygens (including phenoxy) is 1. The SMILES string of the molecule is COCCN(CCCl)c1cc(C)c(Br)cn1. The molecular formula is C11H16BrClN2O. The summed E-state index contributed by atoms with van der Waals surface area (Å²) in [5.74, 6) is 1.53. The molecule has 0 unspecified atom stereocenters. The van der Waals surface area contributed by atoms with Crippen molar-refractivity contribution in [3.63, 3.8) is 0 Å². The van der Waals surface area contributed by atoms with Crippen molar-refractivity contribution >= 4 is 33.3 Å². The molecule has 90 valence electrons. The summed E-state index contributed by atoms with van der Waals surface area (Å²) in [6.45, 7) is 4.30. The Kier molecular flexibility index (Phi) is 6.09. The van der Waals surface area contributed by atoms with E-state index in [2.05, 4.69) is 25.8 Å². The zero-order chi connectivity index (χ0) is 12.0. The third-order valence-electron chi connectivity index (χ3n) is 2.28. The monoisotopic (exact) mass is 306 g/mol. The van der Waals surface area contributed by atoms with E-state index in [4.69, 9.17) is 16.3 Å². The van der Waals surface area contributed by atoms with Gasteiger partial charge in [0.15, 0.2) is 0 Å². The molecule has 5 heteroatoms. The molecule has 1 aromatic heterocycles. The van der Waals surface area contributed by atoms with E-state index < -0.39 is 0 Å². The molecule has 0 N–H and O–H groups in total. The van der Waals surface area contributed by atoms with Crippen LogP contribution in [0.15, 0.2) is 16.7 Å². The number of hydrogen-bond donors (Lipinski definition) is 0. The molecule has 0 saturated heterocycles. The zero-order valence-electron chi connectivity index (χ0n) is 9.54. The number of anilines is 1. The predicted molar refractivity (Wildman–Crippen MR) is 71.5 cm³/mol. The summed E-state index contributed by atoms with van der Waals surface area (Å²) in [6.07, 6.45) is 1.82. The lowest BCUT2D eigenvalue weighted by atomic mass is 10.3. The van der Waals surface area contributed by atoms with Crippen molar-refractivity contribution in [1.82, 2.24) is 4.98 Å². The van der Waals surface area contributed by atoms with Crippen LogP contribution in [0.2, 0.25) is 0 Å². The lowest BCUT2D eigenvalue weighted by Gasteiger charge is -2.22. The summed E-state index contributed by atoms with van der Waals surface area (Å²) in [4.78, 5) is 6.50. The van der Waals surface area contributed by atoms with Gasteiger partial charge in [0.2, 0.25) is 0 Å². The molecule has 0 aromatic carbocycles. The first-order chi connectivity index (χ1) is 7.69. The van der Waals surface area contributed by atoms with E-state index in [1.807, 2.05) is 19.2 Å². The maximum absolute atomic E-state index is 5.78. The minimum Gasteiger partial charge on any atom is -0.383 e. The van der Waals surface area contributed by atoms with Crippen LogP contribution in [0.3, 0.4) is 0 Å². The van der Waals surface area contributed by atoms with E-state index >= 15 is 0 Å². The summed E-state index contributed by atoms with van der Waals surface area (Å²) in [6, 6.07) is 2.05. The van der Waals surface area contributed by atoms with Gasteiger partial charge in [-0.2, -0.15) is 0 Å². The third-order valence-corrected chi connectivity index (χ3v) is 3.28. The molecule has 0 amide bonds. The summed E-state index contributed by atoms with van der Waals surface area (Å²) < 4.78 is 6.09. The van der Waals surface area contributed by atoms with Crippen LogP contribution in [0.1, 0.15) is 5.56 Å². The standard InChI is InChI=1S/C11H16BrClN2O/c1-9-7-11(14-8-10(9)12)15(4-3-13)5-6-16-2/h7-8H,3-6H2,1-2H3. The maximum Gasteiger partial charge on any atom is 0.128 e. The zero-order valence-corrected chi connectivity index (χ0v) is 11.9. The van der Waals surface area contributed by atoms with Crippen LogP contribution in [0.5, 0.6) is 0 Å². The Labute approximate surface area is 110 Å². The van der Waals surface area contributed by atoms with Gasteiger partial charge < -0.3 is 9.64 Å². The van der Waals surface area contributed by atoms with E-state index in [0.717, 1.165) is 23.4 Å². The van der Waals surface area contributed by atoms with Gasteiger partial charge in [-0.15, -0.1) is 11.6 Å². The second kappa shape index (κ2) is 7.09. The highest BCUT2D eigenvalue weighted by atomic mass is 79.9. The molecule has 0 fully saturated rings. The lowest BCUT2D eigenvalue weighted by Crippen LogP contribution is -2.30. The first-order valence-electron chi connectivity index (χ1n) is 5.11. The van der Waals surface area contributed by atoms with Gasteiger partial charge >= 0.3 is 0 Å². The fourth-order valence-electron chi connectivity index (χ4n) is 1.34. The molecule has 0 atom stereocenters. The van der Waals surface area contributed by atoms with Crippen molar-refractivity contribution in [2.45, 2.75) is 6.92 Å². The molecular weight excluding hydrogens is 291 g/mol. The van der Waals surface area contributed by atoms with E-state index in [1.165, 1.54) is 5.56 Å². The quantitative estimate of drug-likeness (QED) is 0.756. The summed E-state index contributed by atoms with van der Waals surface area (Å²) in [5.41, 5.74) is 1.17. The molecule has 0 aliphatic rings. The Morgan fingerprint density at radius 3 is 2.81 bits per heavy atom. The van der Waals surface area contributed by atoms with Gasteiger partial charge in [-0.1, -0.05) is 0 Å². The number of pyridine rings is 1. The Balaban J connectivity index is 2.78. The fourth-order valence-corrected chi connectivity index (χ4v) is 1.76. The lowest BCUT2D eigenvalue weighted by molar-refractivity contribution is 0.205. The van der Waals surface area contributed by atoms with Gasteiger partial charge in [0.25, 0.3) is 0 Å². The van der Waals surface area contributed by atoms with Crippen molar-refractivity contribution in [2.75, 3.05) is 37.6 Å². The van der Waals surface area contributed by atoms with E-state index in [-0.39, 0.29) is 0 Å². The van der Waals surface area contributed by atoms with E-state index in [1.54, 1.807) is 7.11 Å². The largest absolute Gasteiger partial charge is 0.383 e. The number of nitrogens with zero attached hydrogens (tertiary/aromatic N) is 2. The van der Waals surface area contributed by atoms with Gasteiger partial charge in [0.1, 0.15) is 5.82 Å². The topological polar surface area (TPSA) is 25.4 Å². The van der Waals surface area contributed by atoms with Crippen molar-refractivity contribution in [3.8, 4) is 0 Å². The molecule has 3 nitrogen and oxygen atoms in total. The summed E-state index contributed by atoms with van der Waals surface area (Å²) in [5, 5.41) is 0. The Hall–Kier alpha value is -0.320. The Bertz CT molecular complexity index is 336. The molecule has 1 heterocycles. The first kappa shape index (κ1) is 13.7. The minimum atomic E-state index is 0.584. The average molecular weight is 308 g/mol. The highest BCUT2D eigenvalue weighted by molar-refractivity contribution is 9.10. The Morgan fingerprint density at radius 1 is 1.50 bits per heavy atom. The highest BCUT2D eigenvalue weighted by Gasteiger charge is 2.08. The van der Waals surface area contributed by atoms with Crippen LogP contribution < -0.4 is 4.90 Å². The predicted octanol–water partition coefficient (Wildman–Crippen LogP) is 2.84. The van der Waals surface area contributed by atoms with Gasteiger partial charge in [-0.3, -0.25) is 0 Å². The first-order valence-corrected chi connectivity index (χ1v) is 6.43. The molecule has 0 aliphatic carbocycles. The number of halogens is 2. The van der Waals surface area contributed by atoms with Crippen molar-refractivity contribution < 1.29 is 4.74 Å². The van der Waals surface area contributed by atoms with Gasteiger partial charge in [0.05, 0.1) is 6.61 Å². The third kappa shape index (κ3) is 3.92. The Morgan fingerprint density at radius 2 is 2.25 bits per heavy atom. The van der Waals surface area contributed by atoms with Gasteiger partial charge in [-0.25, -0.2) is 4.98 Å². The second-order valence-electron chi connectivity index (χ2n) is 3.46. The second-order valence-corrected chi connectivity index (χ2v) is 4.69. The van der Waals surface area contributed by atoms with Crippen molar-refractivity contribution in [1.29, 1.82) is 0 Å². The number of aryl methyl sites for hydroxylation is 1. The normalized spacial score (nSPS) is 10.5. The molecule has 0 spiro atoms. The smallest absolute Gasteiger partial charge is 0.128 e. The van der Waals surface area contributed by atoms with Gasteiger partial charge in [-0.05, 0) is 34.5 Å². The molecule has 16 heavy (non-hydrogen) atoms. The number of hydrogen-bond acceptors (Lipinski definition) is 3. The number of rotatable bonds is 6. The van der Waals surface area contributed by atoms with Crippen molar-refractivity contribution in [2.24, 2.45) is 0 Å². The van der Waals surface area contributed by atoms with Crippen LogP contribution in [0.25, 0.3) is 0 Å². The maximum atomic E-state index is 5.78. The molecule has 1 aromatic rings.